The zero-order valence-corrected chi connectivity index (χ0v) is 14.4. The summed E-state index contributed by atoms with van der Waals surface area (Å²) in [5, 5.41) is 5.48. The van der Waals surface area contributed by atoms with Gasteiger partial charge in [0.1, 0.15) is 11.5 Å². The summed E-state index contributed by atoms with van der Waals surface area (Å²) in [6, 6.07) is 13.4. The number of nitrogens with one attached hydrogen (secondary N) is 2. The number of aryl methyl sites for hydroxylation is 2. The predicted molar refractivity (Wildman–Crippen MR) is 94.6 cm³/mol. The van der Waals surface area contributed by atoms with E-state index in [1.807, 2.05) is 56.3 Å². The van der Waals surface area contributed by atoms with Gasteiger partial charge in [-0.1, -0.05) is 18.2 Å². The number of urea groups is 1. The third-order valence-electron chi connectivity index (χ3n) is 3.81. The fourth-order valence-corrected chi connectivity index (χ4v) is 2.16. The Morgan fingerprint density at radius 3 is 2.33 bits per heavy atom. The van der Waals surface area contributed by atoms with E-state index in [1.165, 1.54) is 5.56 Å². The molecule has 2 amide bonds. The number of benzene rings is 2. The third-order valence-corrected chi connectivity index (χ3v) is 3.81. The summed E-state index contributed by atoms with van der Waals surface area (Å²) in [6.45, 7) is 4.77. The molecule has 0 aromatic heterocycles. The van der Waals surface area contributed by atoms with Crippen molar-refractivity contribution >= 4 is 6.03 Å². The number of methoxy groups -OCH3 is 1. The molecule has 0 fully saturated rings. The number of amides is 2. The monoisotopic (exact) mass is 328 g/mol. The Balaban J connectivity index is 1.64. The highest BCUT2D eigenvalue weighted by molar-refractivity contribution is 5.73. The Kier molecular flexibility index (Phi) is 6.49. The van der Waals surface area contributed by atoms with Crippen molar-refractivity contribution in [2.45, 2.75) is 20.3 Å². The Labute approximate surface area is 143 Å². The Morgan fingerprint density at radius 2 is 1.67 bits per heavy atom. The van der Waals surface area contributed by atoms with Crippen molar-refractivity contribution in [3.8, 4) is 11.5 Å². The summed E-state index contributed by atoms with van der Waals surface area (Å²) in [5.41, 5.74) is 3.52. The van der Waals surface area contributed by atoms with Crippen molar-refractivity contribution in [1.29, 1.82) is 0 Å². The molecule has 5 nitrogen and oxygen atoms in total. The quantitative estimate of drug-likeness (QED) is 0.768. The lowest BCUT2D eigenvalue weighted by atomic mass is 10.1. The summed E-state index contributed by atoms with van der Waals surface area (Å²) < 4.78 is 10.6. The van der Waals surface area contributed by atoms with Crippen molar-refractivity contribution < 1.29 is 14.3 Å². The molecule has 0 radical (unpaired) electrons. The Hall–Kier alpha value is -2.69. The van der Waals surface area contributed by atoms with E-state index in [0.717, 1.165) is 29.0 Å². The number of hydrogen-bond acceptors (Lipinski definition) is 3. The molecule has 2 N–H and O–H groups in total. The first kappa shape index (κ1) is 17.7. The number of carbonyl (C=O) groups is 1. The van der Waals surface area contributed by atoms with Crippen LogP contribution in [0.4, 0.5) is 4.79 Å². The first-order chi connectivity index (χ1) is 11.6. The van der Waals surface area contributed by atoms with Crippen LogP contribution in [0.15, 0.2) is 42.5 Å². The lowest BCUT2D eigenvalue weighted by Gasteiger charge is -2.10. The SMILES string of the molecule is COc1ccc(CCNC(=O)NCOc2ccc(C)c(C)c2)cc1. The topological polar surface area (TPSA) is 59.6 Å². The molecule has 5 heteroatoms. The van der Waals surface area contributed by atoms with Gasteiger partial charge in [0.05, 0.1) is 7.11 Å². The molecule has 0 aliphatic carbocycles. The largest absolute Gasteiger partial charge is 0.497 e. The third kappa shape index (κ3) is 5.50. The van der Waals surface area contributed by atoms with Gasteiger partial charge in [-0.3, -0.25) is 0 Å². The van der Waals surface area contributed by atoms with E-state index in [4.69, 9.17) is 9.47 Å². The van der Waals surface area contributed by atoms with E-state index in [-0.39, 0.29) is 12.8 Å². The molecule has 0 saturated carbocycles. The molecule has 0 saturated heterocycles. The van der Waals surface area contributed by atoms with Gasteiger partial charge in [-0.15, -0.1) is 0 Å². The van der Waals surface area contributed by atoms with Crippen molar-refractivity contribution in [3.63, 3.8) is 0 Å². The van der Waals surface area contributed by atoms with Gasteiger partial charge in [0.15, 0.2) is 6.73 Å². The lowest BCUT2D eigenvalue weighted by molar-refractivity contribution is 0.224. The molecule has 0 heterocycles. The van der Waals surface area contributed by atoms with Gasteiger partial charge >= 0.3 is 6.03 Å². The zero-order chi connectivity index (χ0) is 17.4. The molecule has 0 aliphatic rings. The summed E-state index contributed by atoms with van der Waals surface area (Å²) in [4.78, 5) is 11.7. The van der Waals surface area contributed by atoms with Crippen molar-refractivity contribution in [2.75, 3.05) is 20.4 Å². The highest BCUT2D eigenvalue weighted by Gasteiger charge is 2.01. The van der Waals surface area contributed by atoms with E-state index < -0.39 is 0 Å². The van der Waals surface area contributed by atoms with E-state index in [1.54, 1.807) is 7.11 Å². The van der Waals surface area contributed by atoms with E-state index in [9.17, 15) is 4.79 Å². The second-order valence-corrected chi connectivity index (χ2v) is 5.57. The number of ether oxygens (including phenoxy) is 2. The highest BCUT2D eigenvalue weighted by atomic mass is 16.5. The number of carbonyl (C=O) groups excluding carboxylic acids is 1. The minimum Gasteiger partial charge on any atom is -0.497 e. The van der Waals surface area contributed by atoms with Crippen molar-refractivity contribution in [3.05, 3.63) is 59.2 Å². The molecule has 0 aliphatic heterocycles. The first-order valence-electron chi connectivity index (χ1n) is 7.93. The van der Waals surface area contributed by atoms with Gasteiger partial charge in [-0.25, -0.2) is 4.79 Å². The van der Waals surface area contributed by atoms with Gasteiger partial charge in [-0.2, -0.15) is 0 Å². The predicted octanol–water partition coefficient (Wildman–Crippen LogP) is 3.19. The molecule has 2 aromatic carbocycles. The average molecular weight is 328 g/mol. The minimum absolute atomic E-state index is 0.136. The second kappa shape index (κ2) is 8.82. The molecule has 0 atom stereocenters. The maximum Gasteiger partial charge on any atom is 0.317 e. The summed E-state index contributed by atoms with van der Waals surface area (Å²) >= 11 is 0. The highest BCUT2D eigenvalue weighted by Crippen LogP contribution is 2.15. The first-order valence-corrected chi connectivity index (χ1v) is 7.93. The van der Waals surface area contributed by atoms with Crippen LogP contribution in [0.1, 0.15) is 16.7 Å². The van der Waals surface area contributed by atoms with Crippen LogP contribution >= 0.6 is 0 Å². The van der Waals surface area contributed by atoms with Crippen LogP contribution in [0.25, 0.3) is 0 Å². The molecule has 0 spiro atoms. The summed E-state index contributed by atoms with van der Waals surface area (Å²) in [6.07, 6.45) is 0.759. The van der Waals surface area contributed by atoms with Gasteiger partial charge in [0.2, 0.25) is 0 Å². The van der Waals surface area contributed by atoms with Gasteiger partial charge in [0, 0.05) is 6.54 Å². The molecule has 128 valence electrons. The van der Waals surface area contributed by atoms with Gasteiger partial charge in [-0.05, 0) is 61.2 Å². The summed E-state index contributed by atoms with van der Waals surface area (Å²) in [5.74, 6) is 1.57. The zero-order valence-electron chi connectivity index (χ0n) is 14.4. The number of rotatable bonds is 7. The average Bonchev–Trinajstić information content (AvgIpc) is 2.59. The van der Waals surface area contributed by atoms with Crippen LogP contribution in [0.2, 0.25) is 0 Å². The van der Waals surface area contributed by atoms with Gasteiger partial charge in [0.25, 0.3) is 0 Å². The maximum atomic E-state index is 11.7. The van der Waals surface area contributed by atoms with Crippen LogP contribution in [0.3, 0.4) is 0 Å². The van der Waals surface area contributed by atoms with Gasteiger partial charge < -0.3 is 20.1 Å². The summed E-state index contributed by atoms with van der Waals surface area (Å²) in [7, 11) is 1.64. The van der Waals surface area contributed by atoms with Crippen LogP contribution in [0.5, 0.6) is 11.5 Å². The van der Waals surface area contributed by atoms with E-state index >= 15 is 0 Å². The standard InChI is InChI=1S/C19H24N2O3/c1-14-4-7-18(12-15(14)2)24-13-21-19(22)20-11-10-16-5-8-17(23-3)9-6-16/h4-9,12H,10-11,13H2,1-3H3,(H2,20,21,22). The Morgan fingerprint density at radius 1 is 0.958 bits per heavy atom. The van der Waals surface area contributed by atoms with Crippen molar-refractivity contribution in [1.82, 2.24) is 10.6 Å². The molecule has 24 heavy (non-hydrogen) atoms. The molecular formula is C19H24N2O3. The maximum absolute atomic E-state index is 11.7. The van der Waals surface area contributed by atoms with E-state index in [2.05, 4.69) is 10.6 Å². The van der Waals surface area contributed by atoms with E-state index in [0.29, 0.717) is 6.54 Å². The van der Waals surface area contributed by atoms with Crippen LogP contribution < -0.4 is 20.1 Å². The molecular weight excluding hydrogens is 304 g/mol. The lowest BCUT2D eigenvalue weighted by Crippen LogP contribution is -2.38. The smallest absolute Gasteiger partial charge is 0.317 e. The molecule has 2 rings (SSSR count). The van der Waals surface area contributed by atoms with Crippen LogP contribution in [-0.4, -0.2) is 26.4 Å². The minimum atomic E-state index is -0.243. The number of hydrogen-bond donors (Lipinski definition) is 2. The fraction of sp³-hybridized carbons (Fsp3) is 0.316. The van der Waals surface area contributed by atoms with Crippen LogP contribution in [-0.2, 0) is 6.42 Å². The fourth-order valence-electron chi connectivity index (χ4n) is 2.16. The molecule has 0 bridgehead atoms. The Bertz CT molecular complexity index is 669. The van der Waals surface area contributed by atoms with Crippen LogP contribution in [0, 0.1) is 13.8 Å². The second-order valence-electron chi connectivity index (χ2n) is 5.57. The molecule has 2 aromatic rings. The molecule has 0 unspecified atom stereocenters. The van der Waals surface area contributed by atoms with Crippen molar-refractivity contribution in [2.24, 2.45) is 0 Å². The normalized spacial score (nSPS) is 10.1.